The second-order valence-corrected chi connectivity index (χ2v) is 7.46. The van der Waals surface area contributed by atoms with Crippen molar-refractivity contribution in [3.63, 3.8) is 0 Å². The van der Waals surface area contributed by atoms with Gasteiger partial charge in [-0.3, -0.25) is 14.4 Å². The number of dihydropyridines is 1. The average Bonchev–Trinajstić information content (AvgIpc) is 3.08. The summed E-state index contributed by atoms with van der Waals surface area (Å²) in [6.07, 6.45) is 10.8. The molecule has 2 aliphatic rings. The number of hydrogen-bond donors (Lipinski definition) is 2. The zero-order chi connectivity index (χ0) is 18.4. The van der Waals surface area contributed by atoms with Crippen LogP contribution in [0.25, 0.3) is 0 Å². The number of thiazole rings is 1. The number of amides is 3. The van der Waals surface area contributed by atoms with Crippen LogP contribution in [0.5, 0.6) is 0 Å². The lowest BCUT2D eigenvalue weighted by Gasteiger charge is -2.21. The zero-order valence-electron chi connectivity index (χ0n) is 14.4. The Morgan fingerprint density at radius 1 is 1.23 bits per heavy atom. The van der Waals surface area contributed by atoms with E-state index in [2.05, 4.69) is 20.6 Å². The monoisotopic (exact) mass is 374 g/mol. The van der Waals surface area contributed by atoms with Gasteiger partial charge in [-0.15, -0.1) is 11.3 Å². The van der Waals surface area contributed by atoms with Gasteiger partial charge in [-0.05, 0) is 24.8 Å². The third kappa shape index (κ3) is 5.08. The predicted octanol–water partition coefficient (Wildman–Crippen LogP) is 2.10. The molecule has 8 heteroatoms. The minimum atomic E-state index is -0.925. The van der Waals surface area contributed by atoms with Gasteiger partial charge in [-0.2, -0.15) is 0 Å². The normalized spacial score (nSPS) is 20.2. The lowest BCUT2D eigenvalue weighted by Crippen LogP contribution is -2.31. The average molecular weight is 374 g/mol. The smallest absolute Gasteiger partial charge is 0.262 e. The maximum Gasteiger partial charge on any atom is 0.262 e. The van der Waals surface area contributed by atoms with Crippen LogP contribution in [0.3, 0.4) is 0 Å². The molecule has 1 saturated carbocycles. The summed E-state index contributed by atoms with van der Waals surface area (Å²) in [5, 5.41) is 7.71. The van der Waals surface area contributed by atoms with Crippen LogP contribution in [0.15, 0.2) is 22.5 Å². The molecule has 1 aliphatic heterocycles. The number of nitrogens with one attached hydrogen (secondary N) is 2. The highest BCUT2D eigenvalue weighted by molar-refractivity contribution is 7.14. The first-order chi connectivity index (χ1) is 12.6. The molecule has 0 bridgehead atoms. The van der Waals surface area contributed by atoms with E-state index in [1.165, 1.54) is 55.7 Å². The van der Waals surface area contributed by atoms with E-state index in [1.54, 1.807) is 11.5 Å². The molecule has 26 heavy (non-hydrogen) atoms. The zero-order valence-corrected chi connectivity index (χ0v) is 15.3. The van der Waals surface area contributed by atoms with Crippen molar-refractivity contribution in [2.75, 3.05) is 11.9 Å². The van der Waals surface area contributed by atoms with E-state index < -0.39 is 17.7 Å². The highest BCUT2D eigenvalue weighted by Gasteiger charge is 2.25. The van der Waals surface area contributed by atoms with Crippen molar-refractivity contribution >= 4 is 40.4 Å². The number of aliphatic imine (C=N–C) groups is 1. The standard InChI is InChI=1S/C18H22N4O3S/c23-15(20-10-12-5-2-1-3-6-12)9-13-11-26-18(21-13)22-17(25)14-7-4-8-19-16(14)24/h4,7-8,11-12,14H,1-3,5-6,9-10H2,(H,20,23)(H,21,22,25). The summed E-state index contributed by atoms with van der Waals surface area (Å²) in [7, 11) is 0. The first-order valence-electron chi connectivity index (χ1n) is 8.88. The second-order valence-electron chi connectivity index (χ2n) is 6.60. The van der Waals surface area contributed by atoms with E-state index in [0.717, 1.165) is 6.54 Å². The van der Waals surface area contributed by atoms with Gasteiger partial charge in [-0.1, -0.05) is 25.3 Å². The van der Waals surface area contributed by atoms with Gasteiger partial charge in [0.1, 0.15) is 5.92 Å². The molecule has 7 nitrogen and oxygen atoms in total. The van der Waals surface area contributed by atoms with E-state index in [0.29, 0.717) is 16.7 Å². The number of hydrogen-bond acceptors (Lipinski definition) is 5. The number of carbonyl (C=O) groups excluding carboxylic acids is 3. The van der Waals surface area contributed by atoms with E-state index in [1.807, 2.05) is 0 Å². The minimum absolute atomic E-state index is 0.0570. The van der Waals surface area contributed by atoms with Crippen molar-refractivity contribution < 1.29 is 14.4 Å². The van der Waals surface area contributed by atoms with Crippen molar-refractivity contribution in [2.45, 2.75) is 38.5 Å². The topological polar surface area (TPSA) is 101 Å². The fourth-order valence-corrected chi connectivity index (χ4v) is 3.86. The molecule has 0 spiro atoms. The first kappa shape index (κ1) is 18.4. The number of rotatable bonds is 6. The van der Waals surface area contributed by atoms with Crippen LogP contribution in [0.4, 0.5) is 5.13 Å². The first-order valence-corrected chi connectivity index (χ1v) is 9.76. The lowest BCUT2D eigenvalue weighted by atomic mass is 9.89. The summed E-state index contributed by atoms with van der Waals surface area (Å²) >= 11 is 1.23. The quantitative estimate of drug-likeness (QED) is 0.745. The van der Waals surface area contributed by atoms with Crippen LogP contribution in [-0.2, 0) is 20.8 Å². The lowest BCUT2D eigenvalue weighted by molar-refractivity contribution is -0.128. The van der Waals surface area contributed by atoms with Gasteiger partial charge in [0.15, 0.2) is 5.13 Å². The van der Waals surface area contributed by atoms with Crippen LogP contribution < -0.4 is 10.6 Å². The molecule has 3 rings (SSSR count). The second kappa shape index (κ2) is 8.84. The van der Waals surface area contributed by atoms with Crippen molar-refractivity contribution in [3.05, 3.63) is 23.2 Å². The summed E-state index contributed by atoms with van der Waals surface area (Å²) in [4.78, 5) is 43.6. The van der Waals surface area contributed by atoms with Crippen LogP contribution in [-0.4, -0.2) is 35.5 Å². The maximum absolute atomic E-state index is 12.1. The molecule has 1 fully saturated rings. The third-order valence-electron chi connectivity index (χ3n) is 4.58. The van der Waals surface area contributed by atoms with E-state index in [4.69, 9.17) is 0 Å². The summed E-state index contributed by atoms with van der Waals surface area (Å²) in [5.41, 5.74) is 0.606. The van der Waals surface area contributed by atoms with Crippen LogP contribution in [0, 0.1) is 11.8 Å². The van der Waals surface area contributed by atoms with Gasteiger partial charge in [0.25, 0.3) is 5.91 Å². The Hall–Kier alpha value is -2.35. The van der Waals surface area contributed by atoms with Crippen molar-refractivity contribution in [1.29, 1.82) is 0 Å². The molecule has 1 aromatic rings. The molecule has 1 aliphatic carbocycles. The molecule has 1 atom stereocenters. The van der Waals surface area contributed by atoms with Crippen LogP contribution in [0.2, 0.25) is 0 Å². The van der Waals surface area contributed by atoms with Crippen molar-refractivity contribution in [2.24, 2.45) is 16.8 Å². The number of aromatic nitrogens is 1. The van der Waals surface area contributed by atoms with Gasteiger partial charge in [0.05, 0.1) is 12.1 Å². The Balaban J connectivity index is 1.45. The van der Waals surface area contributed by atoms with Gasteiger partial charge < -0.3 is 10.6 Å². The van der Waals surface area contributed by atoms with Crippen LogP contribution in [0.1, 0.15) is 37.8 Å². The Labute approximate surface area is 156 Å². The van der Waals surface area contributed by atoms with Crippen LogP contribution >= 0.6 is 11.3 Å². The predicted molar refractivity (Wildman–Crippen MR) is 100 cm³/mol. The van der Waals surface area contributed by atoms with Crippen molar-refractivity contribution in [3.8, 4) is 0 Å². The molecule has 0 aromatic carbocycles. The molecule has 138 valence electrons. The van der Waals surface area contributed by atoms with Gasteiger partial charge in [-0.25, -0.2) is 9.98 Å². The molecular weight excluding hydrogens is 352 g/mol. The highest BCUT2D eigenvalue weighted by Crippen LogP contribution is 2.23. The Bertz CT molecular complexity index is 735. The van der Waals surface area contributed by atoms with Crippen molar-refractivity contribution in [1.82, 2.24) is 10.3 Å². The molecular formula is C18H22N4O3S. The number of anilines is 1. The summed E-state index contributed by atoms with van der Waals surface area (Å²) in [6.45, 7) is 0.725. The SMILES string of the molecule is O=C(Cc1csc(NC(=O)C2C=CC=NC2=O)n1)NCC1CCCCC1. The van der Waals surface area contributed by atoms with E-state index in [9.17, 15) is 14.4 Å². The van der Waals surface area contributed by atoms with Gasteiger partial charge >= 0.3 is 0 Å². The highest BCUT2D eigenvalue weighted by atomic mass is 32.1. The van der Waals surface area contributed by atoms with Gasteiger partial charge in [0, 0.05) is 18.1 Å². The number of carbonyl (C=O) groups is 3. The summed E-state index contributed by atoms with van der Waals surface area (Å²) in [5.74, 6) is -1.36. The minimum Gasteiger partial charge on any atom is -0.355 e. The largest absolute Gasteiger partial charge is 0.355 e. The number of nitrogens with zero attached hydrogens (tertiary/aromatic N) is 2. The molecule has 3 amide bonds. The fourth-order valence-electron chi connectivity index (χ4n) is 3.14. The Kier molecular flexibility index (Phi) is 6.27. The molecule has 1 unspecified atom stereocenters. The Morgan fingerprint density at radius 3 is 2.81 bits per heavy atom. The molecule has 0 saturated heterocycles. The maximum atomic E-state index is 12.1. The van der Waals surface area contributed by atoms with E-state index >= 15 is 0 Å². The van der Waals surface area contributed by atoms with Gasteiger partial charge in [0.2, 0.25) is 11.8 Å². The molecule has 2 N–H and O–H groups in total. The third-order valence-corrected chi connectivity index (χ3v) is 5.38. The number of allylic oxidation sites excluding steroid dienone is 1. The fraction of sp³-hybridized carbons (Fsp3) is 0.500. The summed E-state index contributed by atoms with van der Waals surface area (Å²) < 4.78 is 0. The molecule has 1 aromatic heterocycles. The van der Waals surface area contributed by atoms with E-state index in [-0.39, 0.29) is 12.3 Å². The Morgan fingerprint density at radius 2 is 2.04 bits per heavy atom. The molecule has 2 heterocycles. The molecule has 0 radical (unpaired) electrons. The summed E-state index contributed by atoms with van der Waals surface area (Å²) in [6, 6.07) is 0.